The maximum atomic E-state index is 13.5. The second kappa shape index (κ2) is 6.92. The van der Waals surface area contributed by atoms with Crippen molar-refractivity contribution in [2.24, 2.45) is 11.0 Å². The molecule has 1 aliphatic carbocycles. The van der Waals surface area contributed by atoms with Crippen LogP contribution in [0, 0.1) is 11.7 Å². The van der Waals surface area contributed by atoms with E-state index >= 15 is 0 Å². The molecule has 1 aromatic heterocycles. The van der Waals surface area contributed by atoms with E-state index in [4.69, 9.17) is 0 Å². The summed E-state index contributed by atoms with van der Waals surface area (Å²) in [6.45, 7) is 2.25. The van der Waals surface area contributed by atoms with Crippen molar-refractivity contribution >= 4 is 34.7 Å². The molecule has 2 aliphatic rings. The van der Waals surface area contributed by atoms with Crippen molar-refractivity contribution in [3.8, 4) is 0 Å². The van der Waals surface area contributed by atoms with Gasteiger partial charge in [-0.25, -0.2) is 9.82 Å². The molecule has 0 saturated carbocycles. The zero-order chi connectivity index (χ0) is 17.4. The number of aryl methyl sites for hydroxylation is 1. The molecule has 1 aliphatic heterocycles. The third-order valence-corrected chi connectivity index (χ3v) is 7.01. The Morgan fingerprint density at radius 3 is 3.08 bits per heavy atom. The molecule has 4 rings (SSSR count). The van der Waals surface area contributed by atoms with Crippen molar-refractivity contribution in [1.82, 2.24) is 5.43 Å². The van der Waals surface area contributed by atoms with Gasteiger partial charge >= 0.3 is 0 Å². The van der Waals surface area contributed by atoms with Crippen molar-refractivity contribution < 1.29 is 9.18 Å². The van der Waals surface area contributed by atoms with Gasteiger partial charge in [-0.2, -0.15) is 5.10 Å². The fraction of sp³-hybridized carbons (Fsp3) is 0.368. The van der Waals surface area contributed by atoms with Crippen molar-refractivity contribution in [3.63, 3.8) is 0 Å². The number of benzene rings is 1. The zero-order valence-corrected chi connectivity index (χ0v) is 15.6. The van der Waals surface area contributed by atoms with Crippen LogP contribution in [0.3, 0.4) is 0 Å². The number of nitrogens with one attached hydrogen (secondary N) is 1. The normalized spacial score (nSPS) is 20.9. The number of carbonyl (C=O) groups is 1. The van der Waals surface area contributed by atoms with E-state index in [-0.39, 0.29) is 11.7 Å². The summed E-state index contributed by atoms with van der Waals surface area (Å²) < 4.78 is 13.5. The van der Waals surface area contributed by atoms with Crippen molar-refractivity contribution in [2.45, 2.75) is 37.5 Å². The van der Waals surface area contributed by atoms with Crippen LogP contribution in [0.1, 0.15) is 45.4 Å². The number of halogens is 1. The van der Waals surface area contributed by atoms with Crippen LogP contribution in [0.15, 0.2) is 34.3 Å². The Morgan fingerprint density at radius 1 is 1.32 bits per heavy atom. The largest absolute Gasteiger partial charge is 0.281 e. The number of amides is 1. The van der Waals surface area contributed by atoms with Gasteiger partial charge in [0.25, 0.3) is 5.91 Å². The Kier molecular flexibility index (Phi) is 4.65. The number of fused-ring (bicyclic) bond motifs is 2. The molecule has 0 saturated heterocycles. The fourth-order valence-electron chi connectivity index (χ4n) is 3.35. The fourth-order valence-corrected chi connectivity index (χ4v) is 5.46. The smallest absolute Gasteiger partial charge is 0.266 e. The molecule has 0 radical (unpaired) electrons. The first-order valence-electron chi connectivity index (χ1n) is 8.51. The van der Waals surface area contributed by atoms with E-state index in [2.05, 4.69) is 17.5 Å². The van der Waals surface area contributed by atoms with E-state index in [1.54, 1.807) is 29.2 Å². The molecule has 3 nitrogen and oxygen atoms in total. The van der Waals surface area contributed by atoms with E-state index in [1.807, 2.05) is 6.07 Å². The second-order valence-electron chi connectivity index (χ2n) is 6.65. The maximum absolute atomic E-state index is 13.5. The summed E-state index contributed by atoms with van der Waals surface area (Å²) in [5, 5.41) is 4.31. The van der Waals surface area contributed by atoms with E-state index in [0.717, 1.165) is 41.2 Å². The lowest BCUT2D eigenvalue weighted by Gasteiger charge is -2.17. The molecule has 2 heterocycles. The van der Waals surface area contributed by atoms with Gasteiger partial charge in [0.1, 0.15) is 5.82 Å². The second-order valence-corrected chi connectivity index (χ2v) is 8.92. The van der Waals surface area contributed by atoms with E-state index < -0.39 is 0 Å². The number of nitrogens with zero attached hydrogens (tertiary/aromatic N) is 1. The summed E-state index contributed by atoms with van der Waals surface area (Å²) in [4.78, 5) is 15.5. The van der Waals surface area contributed by atoms with Gasteiger partial charge in [0.15, 0.2) is 0 Å². The number of hydrazone groups is 1. The van der Waals surface area contributed by atoms with Crippen LogP contribution < -0.4 is 5.43 Å². The average molecular weight is 375 g/mol. The molecule has 1 N–H and O–H groups in total. The highest BCUT2D eigenvalue weighted by atomic mass is 32.2. The lowest BCUT2D eigenvalue weighted by Crippen LogP contribution is -2.21. The molecule has 0 bridgehead atoms. The molecule has 0 spiro atoms. The first-order chi connectivity index (χ1) is 12.1. The highest BCUT2D eigenvalue weighted by Gasteiger charge is 2.21. The predicted octanol–water partition coefficient (Wildman–Crippen LogP) is 4.64. The summed E-state index contributed by atoms with van der Waals surface area (Å²) in [5.74, 6) is 1.12. The molecular formula is C19H19FN2OS2. The molecule has 25 heavy (non-hydrogen) atoms. The molecule has 1 atom stereocenters. The van der Waals surface area contributed by atoms with Gasteiger partial charge in [0.2, 0.25) is 0 Å². The average Bonchev–Trinajstić information content (AvgIpc) is 3.02. The van der Waals surface area contributed by atoms with Crippen molar-refractivity contribution in [1.29, 1.82) is 0 Å². The summed E-state index contributed by atoms with van der Waals surface area (Å²) in [5.41, 5.74) is 5.52. The topological polar surface area (TPSA) is 41.5 Å². The monoisotopic (exact) mass is 374 g/mol. The standard InChI is InChI=1S/C19H19FN2OS2/c1-11-2-4-16-12(8-11)9-18(25-16)19(23)22-21-15-6-7-24-17-5-3-13(20)10-14(15)17/h3,5,9-11H,2,4,6-8H2,1H3,(H,22,23)/b21-15-/t11-/m1/s1. The van der Waals surface area contributed by atoms with Gasteiger partial charge in [-0.1, -0.05) is 6.92 Å². The number of rotatable bonds is 2. The summed E-state index contributed by atoms with van der Waals surface area (Å²) in [7, 11) is 0. The van der Waals surface area contributed by atoms with Crippen LogP contribution in [0.25, 0.3) is 0 Å². The number of thioether (sulfide) groups is 1. The molecule has 2 aromatic rings. The van der Waals surface area contributed by atoms with Gasteiger partial charge in [-0.05, 0) is 55.0 Å². The first-order valence-corrected chi connectivity index (χ1v) is 10.3. The van der Waals surface area contributed by atoms with Gasteiger partial charge in [-0.3, -0.25) is 4.79 Å². The van der Waals surface area contributed by atoms with Gasteiger partial charge in [-0.15, -0.1) is 23.1 Å². The van der Waals surface area contributed by atoms with Crippen molar-refractivity contribution in [2.75, 3.05) is 5.75 Å². The summed E-state index contributed by atoms with van der Waals surface area (Å²) >= 11 is 3.27. The number of hydrogen-bond acceptors (Lipinski definition) is 4. The SMILES string of the molecule is C[C@@H]1CCc2sc(C(=O)N/N=C3/CCSc4ccc(F)cc43)cc2C1. The molecule has 130 valence electrons. The summed E-state index contributed by atoms with van der Waals surface area (Å²) in [6.07, 6.45) is 4.03. The molecule has 0 unspecified atom stereocenters. The first kappa shape index (κ1) is 16.8. The minimum absolute atomic E-state index is 0.171. The van der Waals surface area contributed by atoms with Crippen LogP contribution in [-0.4, -0.2) is 17.4 Å². The predicted molar refractivity (Wildman–Crippen MR) is 101 cm³/mol. The van der Waals surface area contributed by atoms with Gasteiger partial charge in [0, 0.05) is 27.5 Å². The Morgan fingerprint density at radius 2 is 2.20 bits per heavy atom. The van der Waals surface area contributed by atoms with Crippen LogP contribution in [0.2, 0.25) is 0 Å². The van der Waals surface area contributed by atoms with Crippen LogP contribution in [-0.2, 0) is 12.8 Å². The van der Waals surface area contributed by atoms with Crippen LogP contribution in [0.5, 0.6) is 0 Å². The number of thiophene rings is 1. The van der Waals surface area contributed by atoms with E-state index in [9.17, 15) is 9.18 Å². The Balaban J connectivity index is 1.53. The highest BCUT2D eigenvalue weighted by molar-refractivity contribution is 7.99. The molecular weight excluding hydrogens is 355 g/mol. The highest BCUT2D eigenvalue weighted by Crippen LogP contribution is 2.33. The quantitative estimate of drug-likeness (QED) is 0.778. The lowest BCUT2D eigenvalue weighted by molar-refractivity contribution is 0.0958. The minimum atomic E-state index is -0.277. The summed E-state index contributed by atoms with van der Waals surface area (Å²) in [6, 6.07) is 6.75. The molecule has 6 heteroatoms. The van der Waals surface area contributed by atoms with E-state index in [0.29, 0.717) is 10.8 Å². The van der Waals surface area contributed by atoms with Crippen LogP contribution >= 0.6 is 23.1 Å². The van der Waals surface area contributed by atoms with Gasteiger partial charge < -0.3 is 0 Å². The Bertz CT molecular complexity index is 859. The molecule has 1 aromatic carbocycles. The molecule has 1 amide bonds. The van der Waals surface area contributed by atoms with Crippen LogP contribution in [0.4, 0.5) is 4.39 Å². The third-order valence-electron chi connectivity index (χ3n) is 4.69. The third kappa shape index (κ3) is 3.51. The molecule has 0 fully saturated rings. The van der Waals surface area contributed by atoms with E-state index in [1.165, 1.54) is 29.0 Å². The minimum Gasteiger partial charge on any atom is -0.266 e. The maximum Gasteiger partial charge on any atom is 0.281 e. The Hall–Kier alpha value is -1.66. The number of carbonyl (C=O) groups excluding carboxylic acids is 1. The van der Waals surface area contributed by atoms with Gasteiger partial charge in [0.05, 0.1) is 10.6 Å². The Labute approximate surface area is 154 Å². The zero-order valence-electron chi connectivity index (χ0n) is 14.0. The van der Waals surface area contributed by atoms with Crippen molar-refractivity contribution in [3.05, 3.63) is 51.0 Å². The lowest BCUT2D eigenvalue weighted by atomic mass is 9.90. The number of hydrogen-bond donors (Lipinski definition) is 1.